The van der Waals surface area contributed by atoms with Crippen LogP contribution in [0, 0.1) is 38.8 Å². The molecule has 0 radical (unpaired) electrons. The normalized spacial score (nSPS) is 10.6. The van der Waals surface area contributed by atoms with Crippen LogP contribution in [0.5, 0.6) is 0 Å². The van der Waals surface area contributed by atoms with E-state index in [-0.39, 0.29) is 38.1 Å². The number of nitro groups is 2. The van der Waals surface area contributed by atoms with Crippen molar-refractivity contribution >= 4 is 49.3 Å². The van der Waals surface area contributed by atoms with Crippen molar-refractivity contribution in [2.45, 2.75) is 13.3 Å². The summed E-state index contributed by atoms with van der Waals surface area (Å²) in [6.45, 7) is 1.33. The zero-order valence-electron chi connectivity index (χ0n) is 20.5. The van der Waals surface area contributed by atoms with Crippen molar-refractivity contribution in [2.24, 2.45) is 0 Å². The number of rotatable bonds is 7. The van der Waals surface area contributed by atoms with Gasteiger partial charge in [0.25, 0.3) is 0 Å². The summed E-state index contributed by atoms with van der Waals surface area (Å²) in [5.74, 6) is -1.40. The molecule has 2 aromatic rings. The standard InChI is InChI=1S/C9H9BrFN3O2.C6H4BrFN2O2.C5H13NO2/c1-13(2)4-3-6-7(11)5-12-9(10)8(6)14(15)16;1-3-4(8)2-9-6(7)5(3)10(11)12;1-6(2)5(7-3)8-4/h3-5H,1-2H3;2H,1H3;5H,1-4H3/b4-3+;;. The van der Waals surface area contributed by atoms with Crippen LogP contribution in [-0.4, -0.2) is 78.4 Å². The molecular formula is C20H26Br2F2N6O6. The molecule has 0 aliphatic carbocycles. The Bertz CT molecular complexity index is 1070. The molecule has 0 amide bonds. The number of hydrogen-bond acceptors (Lipinski definition) is 10. The molecule has 0 atom stereocenters. The fourth-order valence-electron chi connectivity index (χ4n) is 2.29. The van der Waals surface area contributed by atoms with Crippen molar-refractivity contribution in [1.82, 2.24) is 19.8 Å². The maximum atomic E-state index is 13.4. The van der Waals surface area contributed by atoms with Crippen molar-refractivity contribution in [3.8, 4) is 0 Å². The van der Waals surface area contributed by atoms with Gasteiger partial charge in [-0.3, -0.25) is 25.1 Å². The summed E-state index contributed by atoms with van der Waals surface area (Å²) in [5, 5.41) is 21.1. The van der Waals surface area contributed by atoms with E-state index in [1.807, 2.05) is 19.0 Å². The Morgan fingerprint density at radius 1 is 0.944 bits per heavy atom. The van der Waals surface area contributed by atoms with Crippen molar-refractivity contribution in [3.05, 3.63) is 70.8 Å². The zero-order chi connectivity index (χ0) is 28.2. The number of pyridine rings is 2. The van der Waals surface area contributed by atoms with Crippen molar-refractivity contribution in [3.63, 3.8) is 0 Å². The first-order valence-electron chi connectivity index (χ1n) is 9.69. The summed E-state index contributed by atoms with van der Waals surface area (Å²) in [5.41, 5.74) is -0.810. The second kappa shape index (κ2) is 16.2. The molecule has 0 bridgehead atoms. The van der Waals surface area contributed by atoms with Gasteiger partial charge < -0.3 is 14.4 Å². The lowest BCUT2D eigenvalue weighted by Gasteiger charge is -2.19. The molecule has 0 unspecified atom stereocenters. The van der Waals surface area contributed by atoms with Crippen LogP contribution in [-0.2, 0) is 9.47 Å². The van der Waals surface area contributed by atoms with Crippen LogP contribution in [0.3, 0.4) is 0 Å². The Morgan fingerprint density at radius 2 is 1.39 bits per heavy atom. The summed E-state index contributed by atoms with van der Waals surface area (Å²) in [7, 11) is 10.4. The van der Waals surface area contributed by atoms with Gasteiger partial charge in [-0.25, -0.2) is 18.7 Å². The molecule has 16 heteroatoms. The zero-order valence-corrected chi connectivity index (χ0v) is 23.7. The van der Waals surface area contributed by atoms with Gasteiger partial charge in [-0.1, -0.05) is 0 Å². The summed E-state index contributed by atoms with van der Waals surface area (Å²) in [6.07, 6.45) is 4.52. The maximum Gasteiger partial charge on any atom is 0.312 e. The van der Waals surface area contributed by atoms with Gasteiger partial charge in [-0.05, 0) is 65.2 Å². The highest BCUT2D eigenvalue weighted by Gasteiger charge is 2.22. The summed E-state index contributed by atoms with van der Waals surface area (Å²) < 4.78 is 35.9. The van der Waals surface area contributed by atoms with Gasteiger partial charge in [0.2, 0.25) is 6.41 Å². The van der Waals surface area contributed by atoms with Gasteiger partial charge in [-0.15, -0.1) is 0 Å². The Kier molecular flexibility index (Phi) is 15.0. The van der Waals surface area contributed by atoms with Gasteiger partial charge >= 0.3 is 11.4 Å². The van der Waals surface area contributed by atoms with E-state index in [0.29, 0.717) is 0 Å². The maximum absolute atomic E-state index is 13.4. The van der Waals surface area contributed by atoms with Gasteiger partial charge in [-0.2, -0.15) is 0 Å². The minimum absolute atomic E-state index is 0.0114. The average Bonchev–Trinajstić information content (AvgIpc) is 2.78. The highest BCUT2D eigenvalue weighted by atomic mass is 79.9. The van der Waals surface area contributed by atoms with Crippen molar-refractivity contribution in [2.75, 3.05) is 42.4 Å². The quantitative estimate of drug-likeness (QED) is 0.180. The number of methoxy groups -OCH3 is 2. The minimum Gasteiger partial charge on any atom is -0.383 e. The molecular weight excluding hydrogens is 618 g/mol. The molecule has 0 aromatic carbocycles. The van der Waals surface area contributed by atoms with Crippen molar-refractivity contribution < 1.29 is 28.1 Å². The molecule has 0 saturated heterocycles. The summed E-state index contributed by atoms with van der Waals surface area (Å²) >= 11 is 5.78. The van der Waals surface area contributed by atoms with E-state index >= 15 is 0 Å². The van der Waals surface area contributed by atoms with E-state index in [9.17, 15) is 29.0 Å². The predicted molar refractivity (Wildman–Crippen MR) is 136 cm³/mol. The molecule has 0 spiro atoms. The Hall–Kier alpha value is -2.66. The third-order valence-electron chi connectivity index (χ3n) is 3.93. The van der Waals surface area contributed by atoms with Crippen LogP contribution >= 0.6 is 31.9 Å². The first-order valence-corrected chi connectivity index (χ1v) is 11.3. The second-order valence-electron chi connectivity index (χ2n) is 7.07. The lowest BCUT2D eigenvalue weighted by Crippen LogP contribution is -2.30. The molecule has 0 saturated carbocycles. The molecule has 2 heterocycles. The van der Waals surface area contributed by atoms with Crippen LogP contribution in [0.4, 0.5) is 20.2 Å². The molecule has 0 aliphatic rings. The number of halogens is 4. The largest absolute Gasteiger partial charge is 0.383 e. The van der Waals surface area contributed by atoms with Gasteiger partial charge in [0.05, 0.1) is 33.4 Å². The minimum atomic E-state index is -0.729. The van der Waals surface area contributed by atoms with Crippen LogP contribution < -0.4 is 0 Å². The van der Waals surface area contributed by atoms with E-state index in [2.05, 4.69) is 41.8 Å². The van der Waals surface area contributed by atoms with Crippen LogP contribution in [0.2, 0.25) is 0 Å². The molecule has 2 rings (SSSR count). The average molecular weight is 644 g/mol. The van der Waals surface area contributed by atoms with Gasteiger partial charge in [0.15, 0.2) is 20.8 Å². The Labute approximate surface area is 223 Å². The smallest absolute Gasteiger partial charge is 0.312 e. The lowest BCUT2D eigenvalue weighted by atomic mass is 10.2. The third-order valence-corrected chi connectivity index (χ3v) is 5.09. The first-order chi connectivity index (χ1) is 16.7. The molecule has 36 heavy (non-hydrogen) atoms. The topological polar surface area (TPSA) is 137 Å². The summed E-state index contributed by atoms with van der Waals surface area (Å²) in [4.78, 5) is 30.3. The third kappa shape index (κ3) is 10.5. The van der Waals surface area contributed by atoms with Gasteiger partial charge in [0.1, 0.15) is 0 Å². The van der Waals surface area contributed by atoms with E-state index < -0.39 is 21.5 Å². The van der Waals surface area contributed by atoms with Crippen LogP contribution in [0.15, 0.2) is 27.8 Å². The Morgan fingerprint density at radius 3 is 1.72 bits per heavy atom. The predicted octanol–water partition coefficient (Wildman–Crippen LogP) is 4.75. The molecule has 0 N–H and O–H groups in total. The SMILES string of the molecule is CN(C)/C=C/c1c(F)cnc(Br)c1[N+](=O)[O-].COC(OC)N(C)C.Cc1c(F)cnc(Br)c1[N+](=O)[O-]. The van der Waals surface area contributed by atoms with Crippen LogP contribution in [0.1, 0.15) is 11.1 Å². The Balaban J connectivity index is 0.000000542. The van der Waals surface area contributed by atoms with Crippen molar-refractivity contribution in [1.29, 1.82) is 0 Å². The fraction of sp³-hybridized carbons (Fsp3) is 0.400. The van der Waals surface area contributed by atoms with E-state index in [1.54, 1.807) is 33.2 Å². The molecule has 2 aromatic heterocycles. The number of aromatic nitrogens is 2. The van der Waals surface area contributed by atoms with Gasteiger partial charge in [0, 0.05) is 28.3 Å². The van der Waals surface area contributed by atoms with E-state index in [1.165, 1.54) is 19.2 Å². The first kappa shape index (κ1) is 33.3. The van der Waals surface area contributed by atoms with Crippen LogP contribution in [0.25, 0.3) is 6.08 Å². The van der Waals surface area contributed by atoms with E-state index in [0.717, 1.165) is 12.4 Å². The highest BCUT2D eigenvalue weighted by molar-refractivity contribution is 9.10. The fourth-order valence-corrected chi connectivity index (χ4v) is 3.30. The number of ether oxygens (including phenoxy) is 2. The summed E-state index contributed by atoms with van der Waals surface area (Å²) in [6, 6.07) is 0. The highest BCUT2D eigenvalue weighted by Crippen LogP contribution is 2.29. The molecule has 12 nitrogen and oxygen atoms in total. The lowest BCUT2D eigenvalue weighted by molar-refractivity contribution is -0.386. The number of hydrogen-bond donors (Lipinski definition) is 0. The molecule has 0 aliphatic heterocycles. The number of nitrogens with zero attached hydrogens (tertiary/aromatic N) is 6. The van der Waals surface area contributed by atoms with E-state index in [4.69, 9.17) is 9.47 Å². The second-order valence-corrected chi connectivity index (χ2v) is 8.57. The molecule has 200 valence electrons. The monoisotopic (exact) mass is 642 g/mol. The molecule has 0 fully saturated rings.